The highest BCUT2D eigenvalue weighted by atomic mass is 16.6. The first-order chi connectivity index (χ1) is 8.03. The van der Waals surface area contributed by atoms with Crippen LogP contribution in [0.3, 0.4) is 0 Å². The van der Waals surface area contributed by atoms with Crippen molar-refractivity contribution in [1.29, 1.82) is 5.26 Å². The van der Waals surface area contributed by atoms with Crippen molar-refractivity contribution in [3.05, 3.63) is 43.7 Å². The summed E-state index contributed by atoms with van der Waals surface area (Å²) in [6, 6.07) is 1.69. The van der Waals surface area contributed by atoms with Crippen LogP contribution in [-0.4, -0.2) is 25.3 Å². The van der Waals surface area contributed by atoms with Gasteiger partial charge in [-0.15, -0.1) is 5.73 Å². The van der Waals surface area contributed by atoms with Gasteiger partial charge in [-0.25, -0.2) is 4.79 Å². The largest absolute Gasteiger partial charge is 0.459 e. The summed E-state index contributed by atoms with van der Waals surface area (Å²) in [6.45, 7) is 15.5. The first kappa shape index (κ1) is 17.3. The lowest BCUT2D eigenvalue weighted by Crippen LogP contribution is -2.09. The van der Waals surface area contributed by atoms with Gasteiger partial charge in [0.15, 0.2) is 0 Å². The summed E-state index contributed by atoms with van der Waals surface area (Å²) in [4.78, 5) is 10.7. The van der Waals surface area contributed by atoms with Crippen LogP contribution in [0, 0.1) is 11.3 Å². The fourth-order valence-corrected chi connectivity index (χ4v) is 0.456. The molecule has 0 aromatic carbocycles. The number of hydrogen-bond donors (Lipinski definition) is 0. The summed E-state index contributed by atoms with van der Waals surface area (Å²) in [6.07, 6.45) is 1.32. The zero-order chi connectivity index (χ0) is 13.7. The average Bonchev–Trinajstić information content (AvgIpc) is 3.11. The van der Waals surface area contributed by atoms with Gasteiger partial charge in [0.25, 0.3) is 0 Å². The van der Waals surface area contributed by atoms with E-state index in [0.29, 0.717) is 18.8 Å². The fourth-order valence-electron chi connectivity index (χ4n) is 0.456. The number of epoxide rings is 1. The number of carbonyl (C=O) groups is 1. The number of carbonyl (C=O) groups excluding carboxylic acids is 1. The molecule has 4 heteroatoms. The highest BCUT2D eigenvalue weighted by Gasteiger charge is 2.24. The highest BCUT2D eigenvalue weighted by molar-refractivity contribution is 5.86. The van der Waals surface area contributed by atoms with Gasteiger partial charge >= 0.3 is 5.97 Å². The Labute approximate surface area is 102 Å². The second kappa shape index (κ2) is 12.0. The molecular weight excluding hydrogens is 218 g/mol. The van der Waals surface area contributed by atoms with Gasteiger partial charge in [0, 0.05) is 11.6 Å². The molecule has 1 aliphatic rings. The number of esters is 1. The number of rotatable bonds is 3. The quantitative estimate of drug-likeness (QED) is 0.247. The normalized spacial score (nSPS) is 14.2. The van der Waals surface area contributed by atoms with E-state index in [1.54, 1.807) is 13.0 Å². The van der Waals surface area contributed by atoms with E-state index in [1.807, 2.05) is 0 Å². The van der Waals surface area contributed by atoms with Crippen molar-refractivity contribution in [1.82, 2.24) is 0 Å². The van der Waals surface area contributed by atoms with Gasteiger partial charge in [0.1, 0.15) is 12.7 Å². The van der Waals surface area contributed by atoms with Crippen LogP contribution in [0.15, 0.2) is 43.7 Å². The van der Waals surface area contributed by atoms with Crippen LogP contribution in [0.25, 0.3) is 0 Å². The topological polar surface area (TPSA) is 62.6 Å². The Bertz CT molecular complexity index is 329. The van der Waals surface area contributed by atoms with Crippen molar-refractivity contribution in [3.63, 3.8) is 0 Å². The van der Waals surface area contributed by atoms with Crippen LogP contribution in [0.4, 0.5) is 0 Å². The molecule has 0 N–H and O–H groups in total. The lowest BCUT2D eigenvalue weighted by atomic mass is 10.4. The zero-order valence-electron chi connectivity index (χ0n) is 10.1. The van der Waals surface area contributed by atoms with Gasteiger partial charge in [0.05, 0.1) is 12.7 Å². The van der Waals surface area contributed by atoms with E-state index in [9.17, 15) is 4.79 Å². The summed E-state index contributed by atoms with van der Waals surface area (Å²) in [5, 5.41) is 7.51. The molecule has 1 unspecified atom stereocenters. The van der Waals surface area contributed by atoms with Crippen LogP contribution in [-0.2, 0) is 14.3 Å². The maximum Gasteiger partial charge on any atom is 0.333 e. The molecule has 1 aliphatic heterocycles. The van der Waals surface area contributed by atoms with E-state index in [4.69, 9.17) is 14.7 Å². The molecule has 17 heavy (non-hydrogen) atoms. The molecule has 0 aromatic heterocycles. The first-order valence-electron chi connectivity index (χ1n) is 4.77. The molecule has 0 radical (unpaired) electrons. The van der Waals surface area contributed by atoms with Gasteiger partial charge in [-0.1, -0.05) is 26.3 Å². The predicted octanol–water partition coefficient (Wildman–Crippen LogP) is 2.16. The summed E-state index contributed by atoms with van der Waals surface area (Å²) in [5.74, 6) is -0.337. The molecule has 0 bridgehead atoms. The van der Waals surface area contributed by atoms with Gasteiger partial charge < -0.3 is 9.47 Å². The second-order valence-electron chi connectivity index (χ2n) is 2.92. The minimum absolute atomic E-state index is 0.142. The molecule has 0 aliphatic carbocycles. The molecule has 1 fully saturated rings. The van der Waals surface area contributed by atoms with Crippen molar-refractivity contribution in [3.8, 4) is 6.07 Å². The average molecular weight is 235 g/mol. The lowest BCUT2D eigenvalue weighted by Gasteiger charge is -1.99. The first-order valence-corrected chi connectivity index (χ1v) is 4.77. The monoisotopic (exact) mass is 235 g/mol. The van der Waals surface area contributed by atoms with Crippen molar-refractivity contribution >= 4 is 5.97 Å². The van der Waals surface area contributed by atoms with Gasteiger partial charge in [-0.05, 0) is 6.92 Å². The predicted molar refractivity (Wildman–Crippen MR) is 66.1 cm³/mol. The number of nitrogens with zero attached hydrogens (tertiary/aromatic N) is 1. The molecule has 1 heterocycles. The maximum absolute atomic E-state index is 10.7. The molecule has 0 aromatic rings. The van der Waals surface area contributed by atoms with Crippen LogP contribution in [0.2, 0.25) is 0 Å². The van der Waals surface area contributed by atoms with Crippen molar-refractivity contribution in [2.45, 2.75) is 13.0 Å². The second-order valence-corrected chi connectivity index (χ2v) is 2.92. The van der Waals surface area contributed by atoms with Crippen molar-refractivity contribution in [2.24, 2.45) is 0 Å². The van der Waals surface area contributed by atoms with Crippen molar-refractivity contribution in [2.75, 3.05) is 13.2 Å². The van der Waals surface area contributed by atoms with E-state index in [2.05, 4.69) is 32.0 Å². The Kier molecular flexibility index (Phi) is 12.2. The van der Waals surface area contributed by atoms with E-state index < -0.39 is 0 Å². The molecule has 1 atom stereocenters. The fraction of sp³-hybridized carbons (Fsp3) is 0.308. The van der Waals surface area contributed by atoms with E-state index >= 15 is 0 Å². The molecule has 0 amide bonds. The minimum atomic E-state index is -0.337. The molecule has 0 spiro atoms. The lowest BCUT2D eigenvalue weighted by molar-refractivity contribution is -0.139. The van der Waals surface area contributed by atoms with E-state index in [-0.39, 0.29) is 12.1 Å². The summed E-state index contributed by atoms with van der Waals surface area (Å²) < 4.78 is 9.60. The standard InChI is InChI=1S/C7H10O3.C3H3N.C3H4/c1-5(2)7(8)10-4-6-3-9-6;1-2-3-4;1-3-2/h6H,1,3-4H2,2H3;2H,1H2;1-2H2. The number of nitriles is 1. The Morgan fingerprint density at radius 1 is 1.65 bits per heavy atom. The van der Waals surface area contributed by atoms with Gasteiger partial charge in [-0.2, -0.15) is 5.26 Å². The number of ether oxygens (including phenoxy) is 2. The Hall–Kier alpha value is -2.08. The molecule has 4 nitrogen and oxygen atoms in total. The maximum atomic E-state index is 10.7. The molecule has 92 valence electrons. The molecule has 1 saturated heterocycles. The molecule has 0 saturated carbocycles. The third-order valence-electron chi connectivity index (χ3n) is 1.24. The third-order valence-corrected chi connectivity index (χ3v) is 1.24. The van der Waals surface area contributed by atoms with Gasteiger partial charge in [-0.3, -0.25) is 0 Å². The Morgan fingerprint density at radius 3 is 2.29 bits per heavy atom. The minimum Gasteiger partial charge on any atom is -0.459 e. The van der Waals surface area contributed by atoms with Crippen LogP contribution < -0.4 is 0 Å². The smallest absolute Gasteiger partial charge is 0.333 e. The molecule has 1 rings (SSSR count). The number of hydrogen-bond acceptors (Lipinski definition) is 4. The molecular formula is C13H17NO3. The van der Waals surface area contributed by atoms with Crippen LogP contribution in [0.5, 0.6) is 0 Å². The summed E-state index contributed by atoms with van der Waals surface area (Å²) >= 11 is 0. The SMILES string of the molecule is C=C(C)C(=O)OCC1CO1.C=C=C.C=CC#N. The van der Waals surface area contributed by atoms with Crippen LogP contribution >= 0.6 is 0 Å². The van der Waals surface area contributed by atoms with Gasteiger partial charge in [0.2, 0.25) is 0 Å². The Balaban J connectivity index is 0. The van der Waals surface area contributed by atoms with E-state index in [0.717, 1.165) is 0 Å². The zero-order valence-corrected chi connectivity index (χ0v) is 10.1. The number of allylic oxidation sites excluding steroid dienone is 1. The third kappa shape index (κ3) is 16.6. The van der Waals surface area contributed by atoms with E-state index in [1.165, 1.54) is 6.08 Å². The Morgan fingerprint density at radius 2 is 2.06 bits per heavy atom. The highest BCUT2D eigenvalue weighted by Crippen LogP contribution is 2.09. The van der Waals surface area contributed by atoms with Crippen LogP contribution in [0.1, 0.15) is 6.92 Å². The van der Waals surface area contributed by atoms with Crippen molar-refractivity contribution < 1.29 is 14.3 Å². The summed E-state index contributed by atoms with van der Waals surface area (Å²) in [5.41, 5.74) is 2.68. The summed E-state index contributed by atoms with van der Waals surface area (Å²) in [7, 11) is 0.